The van der Waals surface area contributed by atoms with Gasteiger partial charge in [-0.05, 0) is 24.1 Å². The number of hydrogen-bond acceptors (Lipinski definition) is 3. The molecule has 7 heteroatoms. The van der Waals surface area contributed by atoms with Crippen LogP contribution in [-0.4, -0.2) is 47.9 Å². The summed E-state index contributed by atoms with van der Waals surface area (Å²) >= 11 is 2.04. The number of nitrogens with two attached hydrogens (primary N) is 1. The number of halogens is 1. The molecule has 1 aliphatic heterocycles. The summed E-state index contributed by atoms with van der Waals surface area (Å²) in [6.45, 7) is 4.91. The van der Waals surface area contributed by atoms with Gasteiger partial charge in [0, 0.05) is 43.2 Å². The largest absolute Gasteiger partial charge is 0.366 e. The van der Waals surface area contributed by atoms with Gasteiger partial charge in [-0.25, -0.2) is 0 Å². The molecule has 1 atom stereocenters. The molecule has 0 spiro atoms. The average molecular weight is 448 g/mol. The molecule has 3 N–H and O–H groups in total. The molecule has 2 rings (SSSR count). The van der Waals surface area contributed by atoms with Crippen molar-refractivity contribution in [1.82, 2.24) is 10.2 Å². The van der Waals surface area contributed by atoms with Crippen molar-refractivity contribution in [3.05, 3.63) is 35.4 Å². The summed E-state index contributed by atoms with van der Waals surface area (Å²) in [5.74, 6) is 1.66. The number of hydrogen-bond donors (Lipinski definition) is 2. The number of nitrogens with one attached hydrogen (secondary N) is 1. The molecule has 5 nitrogen and oxygen atoms in total. The minimum Gasteiger partial charge on any atom is -0.366 e. The number of guanidine groups is 1. The van der Waals surface area contributed by atoms with Gasteiger partial charge in [0.2, 0.25) is 5.91 Å². The monoisotopic (exact) mass is 448 g/mol. The topological polar surface area (TPSA) is 70.7 Å². The zero-order chi connectivity index (χ0) is 15.9. The third-order valence-electron chi connectivity index (χ3n) is 3.77. The molecule has 0 aliphatic carbocycles. The van der Waals surface area contributed by atoms with Crippen LogP contribution >= 0.6 is 35.7 Å². The number of amides is 1. The van der Waals surface area contributed by atoms with E-state index in [9.17, 15) is 4.79 Å². The second-order valence-corrected chi connectivity index (χ2v) is 6.72. The summed E-state index contributed by atoms with van der Waals surface area (Å²) in [6, 6.07) is 7.38. The molecule has 0 saturated carbocycles. The molecule has 1 aromatic rings. The zero-order valence-corrected chi connectivity index (χ0v) is 16.8. The van der Waals surface area contributed by atoms with E-state index in [2.05, 4.69) is 22.1 Å². The van der Waals surface area contributed by atoms with E-state index in [0.717, 1.165) is 30.4 Å². The summed E-state index contributed by atoms with van der Waals surface area (Å²) in [7, 11) is 1.81. The lowest BCUT2D eigenvalue weighted by atomic mass is 10.1. The molecule has 0 radical (unpaired) electrons. The Hall–Kier alpha value is -0.960. The van der Waals surface area contributed by atoms with Crippen molar-refractivity contribution < 1.29 is 4.79 Å². The maximum atomic E-state index is 11.2. The van der Waals surface area contributed by atoms with Crippen molar-refractivity contribution in [3.8, 4) is 0 Å². The molecule has 1 aliphatic rings. The van der Waals surface area contributed by atoms with Gasteiger partial charge in [0.05, 0.1) is 0 Å². The van der Waals surface area contributed by atoms with Crippen LogP contribution in [0.5, 0.6) is 0 Å². The molecule has 0 aromatic heterocycles. The molecular weight excluding hydrogens is 423 g/mol. The first-order valence-electron chi connectivity index (χ1n) is 7.60. The maximum Gasteiger partial charge on any atom is 0.248 e. The molecule has 23 heavy (non-hydrogen) atoms. The van der Waals surface area contributed by atoms with Crippen LogP contribution in [0.1, 0.15) is 29.3 Å². The van der Waals surface area contributed by atoms with Crippen LogP contribution in [-0.2, 0) is 6.54 Å². The molecule has 1 aromatic carbocycles. The molecule has 0 bridgehead atoms. The number of carbonyl (C=O) groups is 1. The van der Waals surface area contributed by atoms with Gasteiger partial charge in [-0.15, -0.1) is 24.0 Å². The highest BCUT2D eigenvalue weighted by Gasteiger charge is 2.21. The summed E-state index contributed by atoms with van der Waals surface area (Å²) in [5.41, 5.74) is 6.88. The van der Waals surface area contributed by atoms with Gasteiger partial charge in [0.1, 0.15) is 0 Å². The molecule has 1 fully saturated rings. The van der Waals surface area contributed by atoms with Gasteiger partial charge in [0.15, 0.2) is 5.96 Å². The van der Waals surface area contributed by atoms with Crippen molar-refractivity contribution in [2.45, 2.75) is 25.1 Å². The normalized spacial score (nSPS) is 18.3. The van der Waals surface area contributed by atoms with Crippen molar-refractivity contribution in [2.24, 2.45) is 10.7 Å². The van der Waals surface area contributed by atoms with E-state index in [1.54, 1.807) is 6.07 Å². The van der Waals surface area contributed by atoms with Crippen LogP contribution in [0.25, 0.3) is 0 Å². The average Bonchev–Trinajstić information content (AvgIpc) is 2.56. The fraction of sp³-hybridized carbons (Fsp3) is 0.500. The zero-order valence-electron chi connectivity index (χ0n) is 13.6. The third-order valence-corrected chi connectivity index (χ3v) is 5.14. The van der Waals surface area contributed by atoms with E-state index in [4.69, 9.17) is 5.73 Å². The number of aliphatic imine (C=N–C) groups is 1. The number of rotatable bonds is 4. The standard InChI is InChI=1S/C16H24N4OS.HI/c1-3-14-11-20(7-8-22-14)16(18-2)19-10-12-5-4-6-13(9-12)15(17)21;/h4-6,9,14H,3,7-8,10-11H2,1-2H3,(H2,17,21)(H,18,19);1H. The van der Waals surface area contributed by atoms with Gasteiger partial charge < -0.3 is 16.0 Å². The van der Waals surface area contributed by atoms with Crippen LogP contribution in [0.15, 0.2) is 29.3 Å². The SMILES string of the molecule is CCC1CN(C(=NC)NCc2cccc(C(N)=O)c2)CCS1.I. The predicted molar refractivity (Wildman–Crippen MR) is 109 cm³/mol. The Morgan fingerprint density at radius 3 is 2.96 bits per heavy atom. The van der Waals surface area contributed by atoms with Crippen LogP contribution in [0.2, 0.25) is 0 Å². The Balaban J connectivity index is 0.00000264. The summed E-state index contributed by atoms with van der Waals surface area (Å²) in [5, 5.41) is 4.05. The lowest BCUT2D eigenvalue weighted by Gasteiger charge is -2.34. The Labute approximate surface area is 159 Å². The van der Waals surface area contributed by atoms with Gasteiger partial charge in [0.25, 0.3) is 0 Å². The number of benzene rings is 1. The molecule has 1 saturated heterocycles. The lowest BCUT2D eigenvalue weighted by molar-refractivity contribution is 0.1000. The number of thioether (sulfide) groups is 1. The lowest BCUT2D eigenvalue weighted by Crippen LogP contribution is -2.47. The van der Waals surface area contributed by atoms with E-state index in [-0.39, 0.29) is 24.0 Å². The molecule has 1 amide bonds. The van der Waals surface area contributed by atoms with Gasteiger partial charge in [-0.1, -0.05) is 19.1 Å². The second kappa shape index (κ2) is 10.0. The second-order valence-electron chi connectivity index (χ2n) is 5.31. The Morgan fingerprint density at radius 1 is 1.52 bits per heavy atom. The molecule has 1 unspecified atom stereocenters. The van der Waals surface area contributed by atoms with E-state index < -0.39 is 5.91 Å². The summed E-state index contributed by atoms with van der Waals surface area (Å²) in [4.78, 5) is 17.9. The molecular formula is C16H25IN4OS. The predicted octanol–water partition coefficient (Wildman–Crippen LogP) is 2.31. The minimum atomic E-state index is -0.398. The quantitative estimate of drug-likeness (QED) is 0.422. The Bertz CT molecular complexity index is 553. The molecule has 1 heterocycles. The first kappa shape index (κ1) is 20.1. The summed E-state index contributed by atoms with van der Waals surface area (Å²) in [6.07, 6.45) is 1.18. The fourth-order valence-corrected chi connectivity index (χ4v) is 3.69. The van der Waals surface area contributed by atoms with Gasteiger partial charge in [-0.2, -0.15) is 11.8 Å². The number of nitrogens with zero attached hydrogens (tertiary/aromatic N) is 2. The van der Waals surface area contributed by atoms with Crippen molar-refractivity contribution in [3.63, 3.8) is 0 Å². The highest BCUT2D eigenvalue weighted by Crippen LogP contribution is 2.21. The van der Waals surface area contributed by atoms with Crippen LogP contribution in [0.4, 0.5) is 0 Å². The Morgan fingerprint density at radius 2 is 2.30 bits per heavy atom. The van der Waals surface area contributed by atoms with Crippen molar-refractivity contribution in [1.29, 1.82) is 0 Å². The first-order chi connectivity index (χ1) is 10.6. The van der Waals surface area contributed by atoms with E-state index in [1.165, 1.54) is 6.42 Å². The Kier molecular flexibility index (Phi) is 8.75. The van der Waals surface area contributed by atoms with Crippen LogP contribution in [0.3, 0.4) is 0 Å². The van der Waals surface area contributed by atoms with E-state index >= 15 is 0 Å². The van der Waals surface area contributed by atoms with Gasteiger partial charge >= 0.3 is 0 Å². The maximum absolute atomic E-state index is 11.2. The van der Waals surface area contributed by atoms with Crippen LogP contribution in [0, 0.1) is 0 Å². The minimum absolute atomic E-state index is 0. The first-order valence-corrected chi connectivity index (χ1v) is 8.64. The van der Waals surface area contributed by atoms with Crippen LogP contribution < -0.4 is 11.1 Å². The highest BCUT2D eigenvalue weighted by molar-refractivity contribution is 14.0. The van der Waals surface area contributed by atoms with E-state index in [1.807, 2.05) is 37.0 Å². The van der Waals surface area contributed by atoms with Crippen molar-refractivity contribution in [2.75, 3.05) is 25.9 Å². The smallest absolute Gasteiger partial charge is 0.248 e. The summed E-state index contributed by atoms with van der Waals surface area (Å²) < 4.78 is 0. The van der Waals surface area contributed by atoms with Crippen molar-refractivity contribution >= 4 is 47.6 Å². The third kappa shape index (κ3) is 5.87. The highest BCUT2D eigenvalue weighted by atomic mass is 127. The molecule has 128 valence electrons. The van der Waals surface area contributed by atoms with E-state index in [0.29, 0.717) is 17.4 Å². The number of primary amides is 1. The number of carbonyl (C=O) groups excluding carboxylic acids is 1. The fourth-order valence-electron chi connectivity index (χ4n) is 2.51. The van der Waals surface area contributed by atoms with Gasteiger partial charge in [-0.3, -0.25) is 9.79 Å².